The van der Waals surface area contributed by atoms with Crippen molar-refractivity contribution in [3.8, 4) is 0 Å². The van der Waals surface area contributed by atoms with Gasteiger partial charge in [0.1, 0.15) is 5.69 Å². The smallest absolute Gasteiger partial charge is 0.372 e. The molecule has 0 amide bonds. The maximum absolute atomic E-state index is 12.4. The Morgan fingerprint density at radius 2 is 2.12 bits per heavy atom. The van der Waals surface area contributed by atoms with E-state index in [4.69, 9.17) is 10.5 Å². The molecule has 0 aromatic carbocycles. The molecule has 0 saturated carbocycles. The molecule has 6 heteroatoms. The third-order valence-corrected chi connectivity index (χ3v) is 2.62. The number of alkyl halides is 3. The molecule has 1 aromatic heterocycles. The van der Waals surface area contributed by atoms with Gasteiger partial charge >= 0.3 is 6.18 Å². The van der Waals surface area contributed by atoms with Crippen LogP contribution in [0.25, 0.3) is 0 Å². The largest absolute Gasteiger partial charge is 0.433 e. The lowest BCUT2D eigenvalue weighted by Crippen LogP contribution is -2.26. The van der Waals surface area contributed by atoms with Gasteiger partial charge in [-0.1, -0.05) is 0 Å². The first-order valence-electron chi connectivity index (χ1n) is 4.84. The van der Waals surface area contributed by atoms with E-state index in [2.05, 4.69) is 4.98 Å². The van der Waals surface area contributed by atoms with E-state index in [0.717, 1.165) is 6.07 Å². The third-order valence-electron chi connectivity index (χ3n) is 2.62. The normalized spacial score (nSPS) is 25.3. The predicted molar refractivity (Wildman–Crippen MR) is 50.5 cm³/mol. The highest BCUT2D eigenvalue weighted by Crippen LogP contribution is 2.35. The van der Waals surface area contributed by atoms with E-state index >= 15 is 0 Å². The first-order valence-corrected chi connectivity index (χ1v) is 4.84. The number of aromatic nitrogens is 1. The van der Waals surface area contributed by atoms with Crippen molar-refractivity contribution in [1.82, 2.24) is 4.98 Å². The Hall–Kier alpha value is -1.14. The van der Waals surface area contributed by atoms with Gasteiger partial charge < -0.3 is 10.5 Å². The lowest BCUT2D eigenvalue weighted by atomic mass is 9.96. The number of halogens is 3. The molecule has 16 heavy (non-hydrogen) atoms. The Labute approximate surface area is 90.4 Å². The van der Waals surface area contributed by atoms with E-state index < -0.39 is 17.9 Å². The van der Waals surface area contributed by atoms with Gasteiger partial charge in [-0.2, -0.15) is 13.2 Å². The van der Waals surface area contributed by atoms with Crippen LogP contribution in [0.3, 0.4) is 0 Å². The van der Waals surface area contributed by atoms with Gasteiger partial charge in [0.05, 0.1) is 18.8 Å². The highest BCUT2D eigenvalue weighted by Gasteiger charge is 2.34. The summed E-state index contributed by atoms with van der Waals surface area (Å²) in [6.45, 7) is 2.01. The Morgan fingerprint density at radius 3 is 2.75 bits per heavy atom. The summed E-state index contributed by atoms with van der Waals surface area (Å²) in [6.07, 6.45) is -3.61. The summed E-state index contributed by atoms with van der Waals surface area (Å²) < 4.78 is 42.6. The number of pyridine rings is 1. The summed E-state index contributed by atoms with van der Waals surface area (Å²) in [6, 6.07) is 0.611. The van der Waals surface area contributed by atoms with E-state index in [9.17, 15) is 13.2 Å². The molecule has 88 valence electrons. The first-order chi connectivity index (χ1) is 7.39. The fraction of sp³-hybridized carbons (Fsp3) is 0.500. The number of hydrogen-bond donors (Lipinski definition) is 1. The number of nitrogens with zero attached hydrogens (tertiary/aromatic N) is 1. The van der Waals surface area contributed by atoms with E-state index in [0.29, 0.717) is 17.7 Å². The average Bonchev–Trinajstić information content (AvgIpc) is 2.22. The SMILES string of the molecule is C[C@@H]1OC[C@@H](N)c2cnc(C(F)(F)F)cc21. The summed E-state index contributed by atoms with van der Waals surface area (Å²) in [5.41, 5.74) is 5.92. The van der Waals surface area contributed by atoms with Crippen LogP contribution in [0, 0.1) is 0 Å². The van der Waals surface area contributed by atoms with Gasteiger partial charge in [-0.15, -0.1) is 0 Å². The van der Waals surface area contributed by atoms with Gasteiger partial charge in [-0.05, 0) is 24.1 Å². The molecule has 1 aliphatic heterocycles. The number of fused-ring (bicyclic) bond motifs is 1. The van der Waals surface area contributed by atoms with Crippen molar-refractivity contribution in [3.05, 3.63) is 29.1 Å². The minimum Gasteiger partial charge on any atom is -0.372 e. The maximum Gasteiger partial charge on any atom is 0.433 e. The highest BCUT2D eigenvalue weighted by atomic mass is 19.4. The van der Waals surface area contributed by atoms with Gasteiger partial charge in [0, 0.05) is 6.20 Å². The van der Waals surface area contributed by atoms with Crippen LogP contribution in [0.15, 0.2) is 12.3 Å². The second-order valence-corrected chi connectivity index (χ2v) is 3.78. The van der Waals surface area contributed by atoms with Crippen LogP contribution in [0.2, 0.25) is 0 Å². The lowest BCUT2D eigenvalue weighted by Gasteiger charge is -2.28. The zero-order valence-electron chi connectivity index (χ0n) is 8.58. The molecule has 3 nitrogen and oxygen atoms in total. The van der Waals surface area contributed by atoms with Gasteiger partial charge in [0.2, 0.25) is 0 Å². The zero-order valence-corrected chi connectivity index (χ0v) is 8.58. The van der Waals surface area contributed by atoms with Crippen LogP contribution >= 0.6 is 0 Å². The van der Waals surface area contributed by atoms with E-state index in [-0.39, 0.29) is 6.10 Å². The minimum absolute atomic E-state index is 0.307. The molecule has 2 N–H and O–H groups in total. The highest BCUT2D eigenvalue weighted by molar-refractivity contribution is 5.33. The Balaban J connectivity index is 2.48. The number of nitrogens with two attached hydrogens (primary N) is 1. The summed E-state index contributed by atoms with van der Waals surface area (Å²) in [4.78, 5) is 3.39. The van der Waals surface area contributed by atoms with Crippen LogP contribution in [0.1, 0.15) is 35.9 Å². The summed E-state index contributed by atoms with van der Waals surface area (Å²) in [5, 5.41) is 0. The van der Waals surface area contributed by atoms with E-state index in [1.807, 2.05) is 0 Å². The van der Waals surface area contributed by atoms with Gasteiger partial charge in [0.25, 0.3) is 0 Å². The maximum atomic E-state index is 12.4. The first kappa shape index (κ1) is 11.3. The topological polar surface area (TPSA) is 48.1 Å². The average molecular weight is 232 g/mol. The molecule has 0 saturated heterocycles. The zero-order chi connectivity index (χ0) is 11.9. The fourth-order valence-corrected chi connectivity index (χ4v) is 1.73. The van der Waals surface area contributed by atoms with Crippen molar-refractivity contribution in [2.45, 2.75) is 25.2 Å². The third kappa shape index (κ3) is 1.90. The fourth-order valence-electron chi connectivity index (χ4n) is 1.73. The number of ether oxygens (including phenoxy) is 1. The number of hydrogen-bond acceptors (Lipinski definition) is 3. The predicted octanol–water partition coefficient (Wildman–Crippen LogP) is 2.19. The molecule has 0 unspecified atom stereocenters. The molecule has 2 rings (SSSR count). The standard InChI is InChI=1S/C10H11F3N2O/c1-5-6-2-9(10(11,12)13)15-3-7(6)8(14)4-16-5/h2-3,5,8H,4,14H2,1H3/t5-,8+/m0/s1. The van der Waals surface area contributed by atoms with Gasteiger partial charge in [-0.25, -0.2) is 0 Å². The molecule has 2 atom stereocenters. The summed E-state index contributed by atoms with van der Waals surface area (Å²) in [5.74, 6) is 0. The monoisotopic (exact) mass is 232 g/mol. The molecule has 0 aliphatic carbocycles. The van der Waals surface area contributed by atoms with Crippen LogP contribution < -0.4 is 5.73 Å². The Morgan fingerprint density at radius 1 is 1.44 bits per heavy atom. The van der Waals surface area contributed by atoms with Crippen molar-refractivity contribution >= 4 is 0 Å². The molecule has 1 aromatic rings. The molecular weight excluding hydrogens is 221 g/mol. The lowest BCUT2D eigenvalue weighted by molar-refractivity contribution is -0.141. The van der Waals surface area contributed by atoms with Crippen molar-refractivity contribution in [1.29, 1.82) is 0 Å². The molecule has 0 fully saturated rings. The van der Waals surface area contributed by atoms with Crippen LogP contribution in [-0.4, -0.2) is 11.6 Å². The van der Waals surface area contributed by atoms with Gasteiger partial charge in [-0.3, -0.25) is 4.98 Å². The Bertz CT molecular complexity index is 406. The number of rotatable bonds is 0. The summed E-state index contributed by atoms with van der Waals surface area (Å²) in [7, 11) is 0. The van der Waals surface area contributed by atoms with Crippen molar-refractivity contribution < 1.29 is 17.9 Å². The van der Waals surface area contributed by atoms with Crippen LogP contribution in [-0.2, 0) is 10.9 Å². The second-order valence-electron chi connectivity index (χ2n) is 3.78. The van der Waals surface area contributed by atoms with E-state index in [1.54, 1.807) is 6.92 Å². The second kappa shape index (κ2) is 3.71. The van der Waals surface area contributed by atoms with Crippen LogP contribution in [0.5, 0.6) is 0 Å². The van der Waals surface area contributed by atoms with E-state index in [1.165, 1.54) is 6.20 Å². The molecule has 2 heterocycles. The minimum atomic E-state index is -4.43. The Kier molecular flexibility index (Phi) is 2.63. The quantitative estimate of drug-likeness (QED) is 0.745. The summed E-state index contributed by atoms with van der Waals surface area (Å²) >= 11 is 0. The van der Waals surface area contributed by atoms with Gasteiger partial charge in [0.15, 0.2) is 0 Å². The van der Waals surface area contributed by atoms with Crippen molar-refractivity contribution in [2.75, 3.05) is 6.61 Å². The molecule has 0 bridgehead atoms. The molecule has 1 aliphatic rings. The molecule has 0 spiro atoms. The van der Waals surface area contributed by atoms with Crippen molar-refractivity contribution in [2.24, 2.45) is 5.73 Å². The van der Waals surface area contributed by atoms with Crippen LogP contribution in [0.4, 0.5) is 13.2 Å². The van der Waals surface area contributed by atoms with Crippen molar-refractivity contribution in [3.63, 3.8) is 0 Å². The molecule has 0 radical (unpaired) electrons. The molecular formula is C10H11F3N2O.